The first kappa shape index (κ1) is 20.1. The second-order valence-electron chi connectivity index (χ2n) is 7.71. The molecule has 29 heavy (non-hydrogen) atoms. The standard InChI is InChI=1S/C22H24ClN3O2S/c1-15-9-12-29-18(15)13-24-19(27)14-26-21(28)20(16-5-7-17(23)8-6-16)25-22(26)10-3-2-4-11-22/h5-9,12H,2-4,10-11,13-14H2,1H3,(H,24,27). The highest BCUT2D eigenvalue weighted by Crippen LogP contribution is 2.39. The van der Waals surface area contributed by atoms with Gasteiger partial charge in [0.2, 0.25) is 5.91 Å². The third-order valence-corrected chi connectivity index (χ3v) is 7.03. The Balaban J connectivity index is 1.53. The monoisotopic (exact) mass is 429 g/mol. The van der Waals surface area contributed by atoms with Crippen molar-refractivity contribution in [2.45, 2.75) is 51.2 Å². The molecule has 1 aliphatic carbocycles. The molecule has 7 heteroatoms. The fraction of sp³-hybridized carbons (Fsp3) is 0.409. The Bertz CT molecular complexity index is 945. The first-order valence-electron chi connectivity index (χ1n) is 9.96. The molecule has 0 atom stereocenters. The normalized spacial score (nSPS) is 18.2. The number of nitrogens with one attached hydrogen (secondary N) is 1. The summed E-state index contributed by atoms with van der Waals surface area (Å²) >= 11 is 7.62. The maximum Gasteiger partial charge on any atom is 0.275 e. The smallest absolute Gasteiger partial charge is 0.275 e. The number of carbonyl (C=O) groups is 2. The first-order chi connectivity index (χ1) is 14.0. The molecular weight excluding hydrogens is 406 g/mol. The van der Waals surface area contributed by atoms with Gasteiger partial charge in [-0.1, -0.05) is 30.2 Å². The molecule has 1 fully saturated rings. The maximum absolute atomic E-state index is 13.3. The molecule has 0 bridgehead atoms. The number of amides is 2. The van der Waals surface area contributed by atoms with Gasteiger partial charge >= 0.3 is 0 Å². The number of thiophene rings is 1. The lowest BCUT2D eigenvalue weighted by Crippen LogP contribution is -2.52. The van der Waals surface area contributed by atoms with E-state index in [-0.39, 0.29) is 18.4 Å². The van der Waals surface area contributed by atoms with Gasteiger partial charge in [-0.05, 0) is 61.7 Å². The van der Waals surface area contributed by atoms with E-state index in [9.17, 15) is 9.59 Å². The van der Waals surface area contributed by atoms with E-state index in [2.05, 4.69) is 5.32 Å². The lowest BCUT2D eigenvalue weighted by atomic mass is 9.88. The first-order valence-corrected chi connectivity index (χ1v) is 11.2. The van der Waals surface area contributed by atoms with Gasteiger partial charge in [0.1, 0.15) is 17.9 Å². The molecule has 1 N–H and O–H groups in total. The second kappa shape index (κ2) is 8.28. The molecule has 1 spiro atoms. The third-order valence-electron chi connectivity index (χ3n) is 5.76. The number of benzene rings is 1. The van der Waals surface area contributed by atoms with Crippen molar-refractivity contribution in [3.63, 3.8) is 0 Å². The average Bonchev–Trinajstić information content (AvgIpc) is 3.24. The number of carbonyl (C=O) groups excluding carboxylic acids is 2. The van der Waals surface area contributed by atoms with Gasteiger partial charge in [-0.25, -0.2) is 0 Å². The van der Waals surface area contributed by atoms with E-state index in [1.165, 1.54) is 5.56 Å². The summed E-state index contributed by atoms with van der Waals surface area (Å²) in [5.74, 6) is -0.319. The summed E-state index contributed by atoms with van der Waals surface area (Å²) in [7, 11) is 0. The number of hydrogen-bond acceptors (Lipinski definition) is 4. The zero-order chi connectivity index (χ0) is 20.4. The van der Waals surface area contributed by atoms with Gasteiger partial charge < -0.3 is 10.2 Å². The van der Waals surface area contributed by atoms with Crippen molar-refractivity contribution in [1.82, 2.24) is 10.2 Å². The van der Waals surface area contributed by atoms with Crippen LogP contribution in [0.2, 0.25) is 5.02 Å². The van der Waals surface area contributed by atoms with Crippen LogP contribution in [0, 0.1) is 6.92 Å². The van der Waals surface area contributed by atoms with Crippen LogP contribution in [-0.4, -0.2) is 34.6 Å². The quantitative estimate of drug-likeness (QED) is 0.769. The van der Waals surface area contributed by atoms with Gasteiger partial charge in [0.05, 0.1) is 6.54 Å². The minimum atomic E-state index is -0.597. The van der Waals surface area contributed by atoms with E-state index in [4.69, 9.17) is 16.6 Å². The summed E-state index contributed by atoms with van der Waals surface area (Å²) in [6.45, 7) is 2.55. The van der Waals surface area contributed by atoms with E-state index in [0.29, 0.717) is 17.3 Å². The van der Waals surface area contributed by atoms with Crippen molar-refractivity contribution >= 4 is 40.5 Å². The highest BCUT2D eigenvalue weighted by Gasteiger charge is 2.48. The maximum atomic E-state index is 13.3. The predicted molar refractivity (Wildman–Crippen MR) is 116 cm³/mol. The molecule has 2 aromatic rings. The molecule has 0 saturated heterocycles. The number of hydrogen-bond donors (Lipinski definition) is 1. The van der Waals surface area contributed by atoms with Gasteiger partial charge in [-0.2, -0.15) is 0 Å². The summed E-state index contributed by atoms with van der Waals surface area (Å²) in [4.78, 5) is 33.7. The summed E-state index contributed by atoms with van der Waals surface area (Å²) < 4.78 is 0. The lowest BCUT2D eigenvalue weighted by Gasteiger charge is -2.38. The van der Waals surface area contributed by atoms with Crippen LogP contribution in [0.4, 0.5) is 0 Å². The van der Waals surface area contributed by atoms with Crippen molar-refractivity contribution in [2.75, 3.05) is 6.54 Å². The second-order valence-corrected chi connectivity index (χ2v) is 9.14. The Morgan fingerprint density at radius 2 is 1.93 bits per heavy atom. The Morgan fingerprint density at radius 1 is 1.21 bits per heavy atom. The highest BCUT2D eigenvalue weighted by molar-refractivity contribution is 7.10. The van der Waals surface area contributed by atoms with Gasteiger partial charge in [0, 0.05) is 15.5 Å². The Kier molecular flexibility index (Phi) is 5.74. The van der Waals surface area contributed by atoms with Crippen LogP contribution in [0.3, 0.4) is 0 Å². The minimum Gasteiger partial charge on any atom is -0.350 e. The van der Waals surface area contributed by atoms with Crippen LogP contribution in [0.15, 0.2) is 40.7 Å². The van der Waals surface area contributed by atoms with E-state index in [1.807, 2.05) is 30.5 Å². The van der Waals surface area contributed by atoms with Crippen molar-refractivity contribution < 1.29 is 9.59 Å². The Hall–Kier alpha value is -2.18. The molecule has 4 rings (SSSR count). The summed E-state index contributed by atoms with van der Waals surface area (Å²) in [6, 6.07) is 9.20. The molecule has 2 aliphatic rings. The number of aryl methyl sites for hydroxylation is 1. The molecular formula is C22H24ClN3O2S. The molecule has 1 aliphatic heterocycles. The molecule has 1 aromatic heterocycles. The van der Waals surface area contributed by atoms with Crippen LogP contribution in [0.5, 0.6) is 0 Å². The zero-order valence-corrected chi connectivity index (χ0v) is 18.0. The number of halogens is 1. The van der Waals surface area contributed by atoms with Crippen LogP contribution < -0.4 is 5.32 Å². The number of aliphatic imine (C=N–C) groups is 1. The predicted octanol–water partition coefficient (Wildman–Crippen LogP) is 4.32. The highest BCUT2D eigenvalue weighted by atomic mass is 35.5. The molecule has 2 heterocycles. The third kappa shape index (κ3) is 4.09. The summed E-state index contributed by atoms with van der Waals surface area (Å²) in [5, 5.41) is 5.60. The molecule has 1 aromatic carbocycles. The van der Waals surface area contributed by atoms with Crippen molar-refractivity contribution in [3.8, 4) is 0 Å². The average molecular weight is 430 g/mol. The summed E-state index contributed by atoms with van der Waals surface area (Å²) in [6.07, 6.45) is 4.76. The van der Waals surface area contributed by atoms with E-state index in [1.54, 1.807) is 28.4 Å². The number of nitrogens with zero attached hydrogens (tertiary/aromatic N) is 2. The minimum absolute atomic E-state index is 0.0316. The van der Waals surface area contributed by atoms with Crippen LogP contribution in [-0.2, 0) is 16.1 Å². The van der Waals surface area contributed by atoms with Crippen LogP contribution in [0.1, 0.15) is 48.1 Å². The molecule has 152 valence electrons. The fourth-order valence-corrected chi connectivity index (χ4v) is 5.08. The van der Waals surface area contributed by atoms with Crippen molar-refractivity contribution in [3.05, 3.63) is 56.7 Å². The topological polar surface area (TPSA) is 61.8 Å². The fourth-order valence-electron chi connectivity index (χ4n) is 4.11. The molecule has 2 amide bonds. The largest absolute Gasteiger partial charge is 0.350 e. The van der Waals surface area contributed by atoms with Gasteiger partial charge in [0.15, 0.2) is 0 Å². The molecule has 1 saturated carbocycles. The van der Waals surface area contributed by atoms with Crippen molar-refractivity contribution in [1.29, 1.82) is 0 Å². The van der Waals surface area contributed by atoms with E-state index in [0.717, 1.165) is 42.5 Å². The van der Waals surface area contributed by atoms with Gasteiger partial charge in [-0.3, -0.25) is 14.6 Å². The van der Waals surface area contributed by atoms with Gasteiger partial charge in [0.25, 0.3) is 5.91 Å². The SMILES string of the molecule is Cc1ccsc1CNC(=O)CN1C(=O)C(c2ccc(Cl)cc2)=NC12CCCCC2. The van der Waals surface area contributed by atoms with Crippen LogP contribution >= 0.6 is 22.9 Å². The van der Waals surface area contributed by atoms with Crippen LogP contribution in [0.25, 0.3) is 0 Å². The Morgan fingerprint density at radius 3 is 2.59 bits per heavy atom. The van der Waals surface area contributed by atoms with Crippen molar-refractivity contribution in [2.24, 2.45) is 4.99 Å². The molecule has 0 radical (unpaired) electrons. The van der Waals surface area contributed by atoms with Gasteiger partial charge in [-0.15, -0.1) is 11.3 Å². The molecule has 5 nitrogen and oxygen atoms in total. The van der Waals surface area contributed by atoms with E-state index >= 15 is 0 Å². The zero-order valence-electron chi connectivity index (χ0n) is 16.4. The molecule has 0 unspecified atom stereocenters. The Labute approximate surface area is 179 Å². The lowest BCUT2D eigenvalue weighted by molar-refractivity contribution is -0.136. The summed E-state index contributed by atoms with van der Waals surface area (Å²) in [5.41, 5.74) is 1.76. The number of rotatable bonds is 5. The van der Waals surface area contributed by atoms with E-state index < -0.39 is 5.66 Å².